The standard InChI is InChI=1S/C26H53NO2.C11H24.3C3H8.2C2H6/c1-3-5-7-9-11-12-14-16-21-25-29-26(28)22-18-17-20-24-27-23-19-15-13-10-8-6-4-2;1-4-5-6-7-8-9-10-11(2)3;3*1-3-2;2*1-2/h27H,3-25H2,1-2H3;11H,4-10H2,1-3H3;3*3H2,1-2H3;2*1-2H3. The molecule has 0 aliphatic heterocycles. The SMILES string of the molecule is CC.CC.CCC.CCC.CCC.CCCCCCCCC(C)C.CCCCCCCCCCCOC(=O)CCCCCNCCCCCCCCC. The second kappa shape index (κ2) is 80.0. The summed E-state index contributed by atoms with van der Waals surface area (Å²) in [6.45, 7) is 35.0. The summed E-state index contributed by atoms with van der Waals surface area (Å²) < 4.78 is 5.35. The summed E-state index contributed by atoms with van der Waals surface area (Å²) in [5, 5.41) is 3.53. The van der Waals surface area contributed by atoms with Crippen molar-refractivity contribution in [3.63, 3.8) is 0 Å². The van der Waals surface area contributed by atoms with Crippen molar-refractivity contribution in [3.8, 4) is 0 Å². The van der Waals surface area contributed by atoms with Gasteiger partial charge in [0.05, 0.1) is 6.61 Å². The molecule has 0 aliphatic rings. The van der Waals surface area contributed by atoms with Crippen LogP contribution in [0.25, 0.3) is 0 Å². The first-order chi connectivity index (χ1) is 25.8. The fourth-order valence-corrected chi connectivity index (χ4v) is 5.03. The Bertz CT molecular complexity index is 489. The number of nitrogens with one attached hydrogen (secondary N) is 1. The topological polar surface area (TPSA) is 38.3 Å². The lowest BCUT2D eigenvalue weighted by Crippen LogP contribution is -2.16. The molecular weight excluding hydrogens is 647 g/mol. The van der Waals surface area contributed by atoms with Gasteiger partial charge in [-0.3, -0.25) is 4.79 Å². The molecule has 0 bridgehead atoms. The number of hydrogen-bond acceptors (Lipinski definition) is 3. The highest BCUT2D eigenvalue weighted by atomic mass is 16.5. The highest BCUT2D eigenvalue weighted by molar-refractivity contribution is 5.69. The monoisotopic (exact) mass is 760 g/mol. The van der Waals surface area contributed by atoms with Crippen LogP contribution in [0.4, 0.5) is 0 Å². The molecule has 0 rings (SSSR count). The molecule has 0 atom stereocenters. The number of carbonyl (C=O) groups excluding carboxylic acids is 1. The van der Waals surface area contributed by atoms with Crippen LogP contribution in [0.5, 0.6) is 0 Å². The van der Waals surface area contributed by atoms with Gasteiger partial charge in [0.1, 0.15) is 0 Å². The quantitative estimate of drug-likeness (QED) is 0.0565. The van der Waals surface area contributed by atoms with Crippen molar-refractivity contribution in [3.05, 3.63) is 0 Å². The maximum atomic E-state index is 11.7. The lowest BCUT2D eigenvalue weighted by Gasteiger charge is -2.06. The van der Waals surface area contributed by atoms with E-state index >= 15 is 0 Å². The number of rotatable bonds is 31. The average molecular weight is 760 g/mol. The largest absolute Gasteiger partial charge is 0.466 e. The minimum absolute atomic E-state index is 0.000554. The van der Waals surface area contributed by atoms with E-state index in [1.807, 2.05) is 27.7 Å². The zero-order valence-electron chi connectivity index (χ0n) is 40.7. The third-order valence-corrected chi connectivity index (χ3v) is 7.84. The Morgan fingerprint density at radius 1 is 0.415 bits per heavy atom. The molecule has 0 amide bonds. The molecule has 3 nitrogen and oxygen atoms in total. The molecule has 0 saturated carbocycles. The van der Waals surface area contributed by atoms with Crippen molar-refractivity contribution in [1.29, 1.82) is 0 Å². The fourth-order valence-electron chi connectivity index (χ4n) is 5.03. The Morgan fingerprint density at radius 3 is 1.04 bits per heavy atom. The van der Waals surface area contributed by atoms with Crippen LogP contribution in [0.15, 0.2) is 0 Å². The van der Waals surface area contributed by atoms with Gasteiger partial charge in [0, 0.05) is 6.42 Å². The van der Waals surface area contributed by atoms with E-state index in [2.05, 4.69) is 81.5 Å². The zero-order chi connectivity index (χ0) is 41.9. The second-order valence-corrected chi connectivity index (χ2v) is 14.8. The highest BCUT2D eigenvalue weighted by Crippen LogP contribution is 2.12. The third-order valence-electron chi connectivity index (χ3n) is 7.84. The van der Waals surface area contributed by atoms with Crippen molar-refractivity contribution < 1.29 is 9.53 Å². The van der Waals surface area contributed by atoms with Crippen molar-refractivity contribution >= 4 is 5.97 Å². The normalized spacial score (nSPS) is 9.58. The number of unbranched alkanes of at least 4 members (excludes halogenated alkanes) is 21. The number of hydrogen-bond donors (Lipinski definition) is 1. The Kier molecular flexibility index (Phi) is 101. The molecule has 1 N–H and O–H groups in total. The molecule has 0 spiro atoms. The van der Waals surface area contributed by atoms with E-state index in [4.69, 9.17) is 4.74 Å². The molecule has 0 unspecified atom stereocenters. The summed E-state index contributed by atoms with van der Waals surface area (Å²) in [4.78, 5) is 11.7. The second-order valence-electron chi connectivity index (χ2n) is 14.8. The van der Waals surface area contributed by atoms with Gasteiger partial charge < -0.3 is 10.1 Å². The maximum absolute atomic E-state index is 11.7. The van der Waals surface area contributed by atoms with E-state index in [0.717, 1.165) is 38.3 Å². The zero-order valence-corrected chi connectivity index (χ0v) is 40.7. The van der Waals surface area contributed by atoms with Gasteiger partial charge in [-0.05, 0) is 44.7 Å². The van der Waals surface area contributed by atoms with Crippen molar-refractivity contribution in [2.24, 2.45) is 5.92 Å². The lowest BCUT2D eigenvalue weighted by atomic mass is 10.0. The number of esters is 1. The minimum Gasteiger partial charge on any atom is -0.466 e. The Balaban J connectivity index is -0.000000144. The highest BCUT2D eigenvalue weighted by Gasteiger charge is 2.02. The smallest absolute Gasteiger partial charge is 0.305 e. The van der Waals surface area contributed by atoms with Crippen LogP contribution in [0.1, 0.15) is 296 Å². The third kappa shape index (κ3) is 106. The van der Waals surface area contributed by atoms with Crippen LogP contribution in [0, 0.1) is 5.92 Å². The molecule has 0 aliphatic carbocycles. The van der Waals surface area contributed by atoms with Crippen molar-refractivity contribution in [2.75, 3.05) is 19.7 Å². The Hall–Kier alpha value is -0.570. The summed E-state index contributed by atoms with van der Waals surface area (Å²) >= 11 is 0. The first kappa shape index (κ1) is 67.2. The van der Waals surface area contributed by atoms with Gasteiger partial charge in [-0.2, -0.15) is 0 Å². The van der Waals surface area contributed by atoms with Crippen LogP contribution in [-0.2, 0) is 9.53 Å². The first-order valence-corrected chi connectivity index (χ1v) is 24.7. The molecule has 0 fully saturated rings. The number of ether oxygens (including phenoxy) is 1. The summed E-state index contributed by atoms with van der Waals surface area (Å²) in [7, 11) is 0. The molecule has 0 radical (unpaired) electrons. The number of carbonyl (C=O) groups is 1. The summed E-state index contributed by atoms with van der Waals surface area (Å²) in [6, 6.07) is 0. The Morgan fingerprint density at radius 2 is 0.698 bits per heavy atom. The van der Waals surface area contributed by atoms with Gasteiger partial charge in [-0.25, -0.2) is 0 Å². The molecular formula is C50H113NO2. The van der Waals surface area contributed by atoms with E-state index in [9.17, 15) is 4.79 Å². The van der Waals surface area contributed by atoms with Crippen LogP contribution >= 0.6 is 0 Å². The average Bonchev–Trinajstić information content (AvgIpc) is 3.15. The van der Waals surface area contributed by atoms with Gasteiger partial charge in [0.25, 0.3) is 0 Å². The van der Waals surface area contributed by atoms with Gasteiger partial charge in [-0.15, -0.1) is 0 Å². The molecule has 0 heterocycles. The fraction of sp³-hybridized carbons (Fsp3) is 0.980. The van der Waals surface area contributed by atoms with Crippen LogP contribution in [0.2, 0.25) is 0 Å². The molecule has 53 heavy (non-hydrogen) atoms. The maximum Gasteiger partial charge on any atom is 0.305 e. The molecule has 3 heteroatoms. The lowest BCUT2D eigenvalue weighted by molar-refractivity contribution is -0.143. The van der Waals surface area contributed by atoms with Gasteiger partial charge in [0.15, 0.2) is 0 Å². The molecule has 0 aromatic carbocycles. The van der Waals surface area contributed by atoms with E-state index in [1.165, 1.54) is 167 Å². The molecule has 0 aromatic rings. The van der Waals surface area contributed by atoms with Crippen LogP contribution in [0.3, 0.4) is 0 Å². The summed E-state index contributed by atoms with van der Waals surface area (Å²) in [5.41, 5.74) is 0. The Labute approximate surface area is 341 Å². The van der Waals surface area contributed by atoms with Crippen molar-refractivity contribution in [1.82, 2.24) is 5.32 Å². The van der Waals surface area contributed by atoms with E-state index in [1.54, 1.807) is 0 Å². The van der Waals surface area contributed by atoms with Crippen molar-refractivity contribution in [2.45, 2.75) is 296 Å². The first-order valence-electron chi connectivity index (χ1n) is 24.7. The van der Waals surface area contributed by atoms with E-state index in [-0.39, 0.29) is 5.97 Å². The summed E-state index contributed by atoms with van der Waals surface area (Å²) in [6.07, 6.45) is 38.9. The predicted molar refractivity (Wildman–Crippen MR) is 251 cm³/mol. The van der Waals surface area contributed by atoms with Gasteiger partial charge >= 0.3 is 5.97 Å². The molecule has 0 aromatic heterocycles. The van der Waals surface area contributed by atoms with E-state index < -0.39 is 0 Å². The van der Waals surface area contributed by atoms with Crippen LogP contribution < -0.4 is 5.32 Å². The predicted octanol–water partition coefficient (Wildman–Crippen LogP) is 18.7. The minimum atomic E-state index is 0.000554. The van der Waals surface area contributed by atoms with Crippen LogP contribution in [-0.4, -0.2) is 25.7 Å². The van der Waals surface area contributed by atoms with Gasteiger partial charge in [0.2, 0.25) is 0 Å². The molecule has 0 saturated heterocycles. The molecule has 330 valence electrons. The van der Waals surface area contributed by atoms with E-state index in [0.29, 0.717) is 13.0 Å². The van der Waals surface area contributed by atoms with Gasteiger partial charge in [-0.1, -0.05) is 264 Å². The summed E-state index contributed by atoms with van der Waals surface area (Å²) in [5.74, 6) is 0.904.